The zero-order valence-corrected chi connectivity index (χ0v) is 13.2. The van der Waals surface area contributed by atoms with Crippen LogP contribution in [0.25, 0.3) is 20.7 Å². The molecule has 0 fully saturated rings. The molecule has 6 heteroatoms. The molecule has 0 bridgehead atoms. The molecule has 0 unspecified atom stereocenters. The summed E-state index contributed by atoms with van der Waals surface area (Å²) in [5, 5.41) is 4.56. The van der Waals surface area contributed by atoms with E-state index in [1.165, 1.54) is 11.3 Å². The maximum absolute atomic E-state index is 12.7. The van der Waals surface area contributed by atoms with Gasteiger partial charge in [0.15, 0.2) is 0 Å². The zero-order chi connectivity index (χ0) is 15.8. The molecule has 0 radical (unpaired) electrons. The van der Waals surface area contributed by atoms with Crippen LogP contribution in [0.2, 0.25) is 0 Å². The minimum absolute atomic E-state index is 0.0610. The van der Waals surface area contributed by atoms with E-state index < -0.39 is 0 Å². The SMILES string of the molecule is Cc1cc(Cn2cnc3sc(-c4ccccc4)cc3c2=O)no1. The Labute approximate surface area is 135 Å². The third-order valence-corrected chi connectivity index (χ3v) is 4.68. The van der Waals surface area contributed by atoms with E-state index in [0.29, 0.717) is 17.6 Å². The van der Waals surface area contributed by atoms with E-state index >= 15 is 0 Å². The normalized spacial score (nSPS) is 11.2. The van der Waals surface area contributed by atoms with Gasteiger partial charge in [0.1, 0.15) is 16.3 Å². The second kappa shape index (κ2) is 5.48. The maximum Gasteiger partial charge on any atom is 0.262 e. The van der Waals surface area contributed by atoms with Crippen molar-refractivity contribution in [2.24, 2.45) is 0 Å². The average molecular weight is 323 g/mol. The van der Waals surface area contributed by atoms with E-state index in [9.17, 15) is 4.79 Å². The first-order valence-electron chi connectivity index (χ1n) is 7.17. The number of hydrogen-bond donors (Lipinski definition) is 0. The Bertz CT molecular complexity index is 1030. The summed E-state index contributed by atoms with van der Waals surface area (Å²) in [5.41, 5.74) is 1.74. The molecule has 0 aliphatic rings. The summed E-state index contributed by atoms with van der Waals surface area (Å²) in [7, 11) is 0. The van der Waals surface area contributed by atoms with Gasteiger partial charge in [-0.25, -0.2) is 4.98 Å². The number of fused-ring (bicyclic) bond motifs is 1. The summed E-state index contributed by atoms with van der Waals surface area (Å²) >= 11 is 1.53. The molecule has 0 saturated carbocycles. The lowest BCUT2D eigenvalue weighted by atomic mass is 10.2. The van der Waals surface area contributed by atoms with E-state index in [4.69, 9.17) is 4.52 Å². The van der Waals surface area contributed by atoms with Crippen LogP contribution in [0.1, 0.15) is 11.5 Å². The summed E-state index contributed by atoms with van der Waals surface area (Å²) in [4.78, 5) is 18.9. The average Bonchev–Trinajstić information content (AvgIpc) is 3.18. The van der Waals surface area contributed by atoms with Crippen molar-refractivity contribution in [1.29, 1.82) is 0 Å². The molecule has 0 spiro atoms. The molecule has 1 aromatic carbocycles. The monoisotopic (exact) mass is 323 g/mol. The molecule has 4 rings (SSSR count). The summed E-state index contributed by atoms with van der Waals surface area (Å²) in [6.07, 6.45) is 1.57. The van der Waals surface area contributed by atoms with Crippen molar-refractivity contribution in [3.63, 3.8) is 0 Å². The third-order valence-electron chi connectivity index (χ3n) is 3.59. The predicted molar refractivity (Wildman–Crippen MR) is 89.7 cm³/mol. The van der Waals surface area contributed by atoms with Crippen molar-refractivity contribution in [2.75, 3.05) is 0 Å². The highest BCUT2D eigenvalue weighted by atomic mass is 32.1. The lowest BCUT2D eigenvalue weighted by Gasteiger charge is -2.01. The van der Waals surface area contributed by atoms with Crippen molar-refractivity contribution in [2.45, 2.75) is 13.5 Å². The minimum Gasteiger partial charge on any atom is -0.361 e. The van der Waals surface area contributed by atoms with Gasteiger partial charge in [-0.15, -0.1) is 11.3 Å². The molecule has 0 N–H and O–H groups in total. The van der Waals surface area contributed by atoms with E-state index in [0.717, 1.165) is 21.0 Å². The molecule has 3 heterocycles. The fourth-order valence-electron chi connectivity index (χ4n) is 2.48. The topological polar surface area (TPSA) is 60.9 Å². The van der Waals surface area contributed by atoms with Crippen LogP contribution in [0.15, 0.2) is 58.1 Å². The summed E-state index contributed by atoms with van der Waals surface area (Å²) in [5.74, 6) is 0.726. The Morgan fingerprint density at radius 3 is 2.78 bits per heavy atom. The molecule has 0 saturated heterocycles. The number of aryl methyl sites for hydroxylation is 1. The van der Waals surface area contributed by atoms with Gasteiger partial charge in [0, 0.05) is 10.9 Å². The fraction of sp³-hybridized carbons (Fsp3) is 0.118. The van der Waals surface area contributed by atoms with Gasteiger partial charge in [-0.2, -0.15) is 0 Å². The predicted octanol–water partition coefficient (Wildman–Crippen LogP) is 3.47. The minimum atomic E-state index is -0.0610. The molecule has 0 aliphatic heterocycles. The molecule has 0 aliphatic carbocycles. The first-order chi connectivity index (χ1) is 11.2. The van der Waals surface area contributed by atoms with Gasteiger partial charge in [0.25, 0.3) is 5.56 Å². The Morgan fingerprint density at radius 2 is 2.04 bits per heavy atom. The lowest BCUT2D eigenvalue weighted by molar-refractivity contribution is 0.388. The van der Waals surface area contributed by atoms with E-state index in [2.05, 4.69) is 10.1 Å². The van der Waals surface area contributed by atoms with Crippen LogP contribution in [0.4, 0.5) is 0 Å². The fourth-order valence-corrected chi connectivity index (χ4v) is 3.48. The Morgan fingerprint density at radius 1 is 1.22 bits per heavy atom. The maximum atomic E-state index is 12.7. The molecule has 0 atom stereocenters. The lowest BCUT2D eigenvalue weighted by Crippen LogP contribution is -2.20. The van der Waals surface area contributed by atoms with Crippen molar-refractivity contribution in [3.05, 3.63) is 70.6 Å². The van der Waals surface area contributed by atoms with Crippen molar-refractivity contribution >= 4 is 21.6 Å². The van der Waals surface area contributed by atoms with Gasteiger partial charge in [0.05, 0.1) is 18.3 Å². The van der Waals surface area contributed by atoms with Crippen LogP contribution in [0.3, 0.4) is 0 Å². The molecular weight excluding hydrogens is 310 g/mol. The van der Waals surface area contributed by atoms with E-state index in [1.54, 1.807) is 10.9 Å². The van der Waals surface area contributed by atoms with Gasteiger partial charge in [0.2, 0.25) is 0 Å². The Balaban J connectivity index is 1.77. The molecular formula is C17H13N3O2S. The number of nitrogens with zero attached hydrogens (tertiary/aromatic N) is 3. The number of thiophene rings is 1. The Kier molecular flexibility index (Phi) is 3.31. The standard InChI is InChI=1S/C17H13N3O2S/c1-11-7-13(19-22-11)9-20-10-18-16-14(17(20)21)8-15(23-16)12-5-3-2-4-6-12/h2-8,10H,9H2,1H3. The number of hydrogen-bond acceptors (Lipinski definition) is 5. The molecule has 5 nitrogen and oxygen atoms in total. The molecule has 3 aromatic heterocycles. The van der Waals surface area contributed by atoms with Crippen LogP contribution in [0.5, 0.6) is 0 Å². The number of aromatic nitrogens is 3. The summed E-state index contributed by atoms with van der Waals surface area (Å²) in [6, 6.07) is 13.7. The number of rotatable bonds is 3. The van der Waals surface area contributed by atoms with E-state index in [1.807, 2.05) is 49.4 Å². The van der Waals surface area contributed by atoms with Crippen LogP contribution in [-0.2, 0) is 6.54 Å². The van der Waals surface area contributed by atoms with E-state index in [-0.39, 0.29) is 5.56 Å². The first-order valence-corrected chi connectivity index (χ1v) is 7.99. The highest BCUT2D eigenvalue weighted by Gasteiger charge is 2.11. The van der Waals surface area contributed by atoms with Gasteiger partial charge in [-0.1, -0.05) is 35.5 Å². The van der Waals surface area contributed by atoms with Crippen LogP contribution in [-0.4, -0.2) is 14.7 Å². The van der Waals surface area contributed by atoms with Gasteiger partial charge in [-0.3, -0.25) is 9.36 Å². The number of benzene rings is 1. The van der Waals surface area contributed by atoms with Crippen molar-refractivity contribution < 1.29 is 4.52 Å². The highest BCUT2D eigenvalue weighted by molar-refractivity contribution is 7.21. The first kappa shape index (κ1) is 13.9. The Hall–Kier alpha value is -2.73. The van der Waals surface area contributed by atoms with Gasteiger partial charge < -0.3 is 4.52 Å². The molecule has 114 valence electrons. The van der Waals surface area contributed by atoms with Crippen LogP contribution >= 0.6 is 11.3 Å². The molecule has 23 heavy (non-hydrogen) atoms. The third kappa shape index (κ3) is 2.57. The smallest absolute Gasteiger partial charge is 0.262 e. The zero-order valence-electron chi connectivity index (χ0n) is 12.4. The second-order valence-electron chi connectivity index (χ2n) is 5.30. The highest BCUT2D eigenvalue weighted by Crippen LogP contribution is 2.30. The van der Waals surface area contributed by atoms with Crippen molar-refractivity contribution in [3.8, 4) is 10.4 Å². The van der Waals surface area contributed by atoms with Crippen LogP contribution < -0.4 is 5.56 Å². The molecule has 4 aromatic rings. The second-order valence-corrected chi connectivity index (χ2v) is 6.33. The molecule has 0 amide bonds. The quantitative estimate of drug-likeness (QED) is 0.579. The van der Waals surface area contributed by atoms with Gasteiger partial charge in [-0.05, 0) is 18.6 Å². The summed E-state index contributed by atoms with van der Waals surface area (Å²) in [6.45, 7) is 2.18. The largest absolute Gasteiger partial charge is 0.361 e. The van der Waals surface area contributed by atoms with Crippen LogP contribution in [0, 0.1) is 6.92 Å². The van der Waals surface area contributed by atoms with Crippen molar-refractivity contribution in [1.82, 2.24) is 14.7 Å². The summed E-state index contributed by atoms with van der Waals surface area (Å²) < 4.78 is 6.60. The van der Waals surface area contributed by atoms with Gasteiger partial charge >= 0.3 is 0 Å².